The van der Waals surface area contributed by atoms with Gasteiger partial charge in [-0.15, -0.1) is 0 Å². The van der Waals surface area contributed by atoms with Crippen molar-refractivity contribution in [1.29, 1.82) is 0 Å². The summed E-state index contributed by atoms with van der Waals surface area (Å²) in [4.78, 5) is -0.00185. The van der Waals surface area contributed by atoms with E-state index in [9.17, 15) is 17.4 Å². The van der Waals surface area contributed by atoms with Gasteiger partial charge in [-0.25, -0.2) is 4.21 Å². The number of aryl methyl sites for hydroxylation is 1. The molecule has 1 aromatic carbocycles. The second-order valence-electron chi connectivity index (χ2n) is 2.73. The number of hydrogen-bond acceptors (Lipinski definition) is 1. The minimum absolute atomic E-state index is 0.00185. The van der Waals surface area contributed by atoms with E-state index < -0.39 is 22.8 Å². The van der Waals surface area contributed by atoms with Gasteiger partial charge < -0.3 is 4.55 Å². The smallest absolute Gasteiger partial charge is 0.302 e. The van der Waals surface area contributed by atoms with Crippen LogP contribution >= 0.6 is 0 Å². The van der Waals surface area contributed by atoms with E-state index in [-0.39, 0.29) is 10.5 Å². The first-order valence-corrected chi connectivity index (χ1v) is 4.72. The fraction of sp³-hybridized carbons (Fsp3) is 0.250. The topological polar surface area (TPSA) is 37.3 Å². The first-order valence-electron chi connectivity index (χ1n) is 3.61. The van der Waals surface area contributed by atoms with Gasteiger partial charge in [-0.2, -0.15) is 13.2 Å². The highest BCUT2D eigenvalue weighted by Crippen LogP contribution is 2.30. The Bertz CT molecular complexity index is 373. The zero-order valence-electron chi connectivity index (χ0n) is 7.13. The molecule has 1 unspecified atom stereocenters. The van der Waals surface area contributed by atoms with Crippen molar-refractivity contribution in [3.8, 4) is 0 Å². The Hall–Kier alpha value is -0.880. The van der Waals surface area contributed by atoms with Crippen molar-refractivity contribution in [2.75, 3.05) is 0 Å². The quantitative estimate of drug-likeness (QED) is 0.744. The fourth-order valence-electron chi connectivity index (χ4n) is 1.02. The summed E-state index contributed by atoms with van der Waals surface area (Å²) in [6, 6.07) is 2.65. The van der Waals surface area contributed by atoms with Gasteiger partial charge in [0.2, 0.25) is 0 Å². The van der Waals surface area contributed by atoms with E-state index in [1.54, 1.807) is 0 Å². The van der Waals surface area contributed by atoms with Crippen LogP contribution in [0.1, 0.15) is 11.1 Å². The lowest BCUT2D eigenvalue weighted by atomic mass is 10.1. The molecule has 0 aliphatic heterocycles. The monoisotopic (exact) mass is 224 g/mol. The average Bonchev–Trinajstić information content (AvgIpc) is 2.01. The predicted molar refractivity (Wildman–Crippen MR) is 45.2 cm³/mol. The molecule has 78 valence electrons. The summed E-state index contributed by atoms with van der Waals surface area (Å²) in [6.07, 6.45) is -4.42. The molecule has 0 saturated carbocycles. The van der Waals surface area contributed by atoms with Gasteiger partial charge >= 0.3 is 6.18 Å². The van der Waals surface area contributed by atoms with Crippen LogP contribution < -0.4 is 0 Å². The molecule has 0 fully saturated rings. The van der Waals surface area contributed by atoms with Crippen LogP contribution in [-0.4, -0.2) is 8.76 Å². The minimum atomic E-state index is -4.42. The Morgan fingerprint density at radius 1 is 1.36 bits per heavy atom. The standard InChI is InChI=1S/C8H7F3O2S/c1-5-4-6(8(9,10)11)2-3-7(5)14(12)13/h2-4H,1H3,(H,12,13). The Morgan fingerprint density at radius 3 is 2.29 bits per heavy atom. The van der Waals surface area contributed by atoms with Crippen molar-refractivity contribution in [2.45, 2.75) is 18.0 Å². The van der Waals surface area contributed by atoms with Gasteiger partial charge in [-0.1, -0.05) is 0 Å². The van der Waals surface area contributed by atoms with Gasteiger partial charge in [0, 0.05) is 0 Å². The lowest BCUT2D eigenvalue weighted by Crippen LogP contribution is -2.06. The molecule has 1 N–H and O–H groups in total. The summed E-state index contributed by atoms with van der Waals surface area (Å²) < 4.78 is 55.8. The molecule has 0 heterocycles. The van der Waals surface area contributed by atoms with Crippen LogP contribution in [0.4, 0.5) is 13.2 Å². The predicted octanol–water partition coefficient (Wildman–Crippen LogP) is 2.59. The zero-order chi connectivity index (χ0) is 10.9. The van der Waals surface area contributed by atoms with Crippen LogP contribution in [-0.2, 0) is 17.3 Å². The average molecular weight is 224 g/mol. The Kier molecular flexibility index (Phi) is 2.96. The van der Waals surface area contributed by atoms with Gasteiger partial charge in [0.1, 0.15) is 0 Å². The molecule has 0 amide bonds. The third-order valence-electron chi connectivity index (χ3n) is 1.69. The maximum Gasteiger partial charge on any atom is 0.416 e. The molecular formula is C8H7F3O2S. The van der Waals surface area contributed by atoms with Gasteiger partial charge in [0.25, 0.3) is 0 Å². The second kappa shape index (κ2) is 3.70. The first-order chi connectivity index (χ1) is 6.32. The van der Waals surface area contributed by atoms with Crippen molar-refractivity contribution in [2.24, 2.45) is 0 Å². The number of halogens is 3. The molecule has 0 aliphatic rings. The zero-order valence-corrected chi connectivity index (χ0v) is 7.95. The lowest BCUT2D eigenvalue weighted by Gasteiger charge is -2.08. The first kappa shape index (κ1) is 11.2. The summed E-state index contributed by atoms with van der Waals surface area (Å²) in [5, 5.41) is 0. The largest absolute Gasteiger partial charge is 0.416 e. The lowest BCUT2D eigenvalue weighted by molar-refractivity contribution is -0.137. The van der Waals surface area contributed by atoms with Crippen molar-refractivity contribution < 1.29 is 21.9 Å². The van der Waals surface area contributed by atoms with Crippen molar-refractivity contribution in [3.63, 3.8) is 0 Å². The highest BCUT2D eigenvalue weighted by Gasteiger charge is 2.30. The molecule has 1 rings (SSSR count). The molecule has 0 aromatic heterocycles. The molecular weight excluding hydrogens is 217 g/mol. The Balaban J connectivity index is 3.20. The fourth-order valence-corrected chi connectivity index (χ4v) is 1.54. The highest BCUT2D eigenvalue weighted by molar-refractivity contribution is 7.79. The van der Waals surface area contributed by atoms with Crippen LogP contribution in [0.3, 0.4) is 0 Å². The van der Waals surface area contributed by atoms with E-state index in [2.05, 4.69) is 0 Å². The third kappa shape index (κ3) is 2.33. The number of benzene rings is 1. The number of hydrogen-bond donors (Lipinski definition) is 1. The van der Waals surface area contributed by atoms with Crippen LogP contribution in [0.25, 0.3) is 0 Å². The number of rotatable bonds is 1. The van der Waals surface area contributed by atoms with Crippen molar-refractivity contribution >= 4 is 11.1 Å². The molecule has 6 heteroatoms. The Morgan fingerprint density at radius 2 is 1.93 bits per heavy atom. The molecule has 1 aromatic rings. The molecule has 1 atom stereocenters. The van der Waals surface area contributed by atoms with E-state index >= 15 is 0 Å². The molecule has 0 saturated heterocycles. The molecule has 0 aliphatic carbocycles. The van der Waals surface area contributed by atoms with Crippen LogP contribution in [0.2, 0.25) is 0 Å². The van der Waals surface area contributed by atoms with E-state index in [1.165, 1.54) is 6.92 Å². The van der Waals surface area contributed by atoms with E-state index in [4.69, 9.17) is 4.55 Å². The maximum absolute atomic E-state index is 12.2. The van der Waals surface area contributed by atoms with Gasteiger partial charge in [0.15, 0.2) is 11.1 Å². The molecule has 0 radical (unpaired) electrons. The second-order valence-corrected chi connectivity index (χ2v) is 3.67. The summed E-state index contributed by atoms with van der Waals surface area (Å²) in [6.45, 7) is 1.36. The minimum Gasteiger partial charge on any atom is -0.302 e. The van der Waals surface area contributed by atoms with Crippen LogP contribution in [0.5, 0.6) is 0 Å². The summed E-state index contributed by atoms with van der Waals surface area (Å²) in [5.41, 5.74) is -0.662. The van der Waals surface area contributed by atoms with Gasteiger partial charge in [-0.05, 0) is 30.7 Å². The normalized spacial score (nSPS) is 14.1. The van der Waals surface area contributed by atoms with Crippen molar-refractivity contribution in [3.05, 3.63) is 29.3 Å². The SMILES string of the molecule is Cc1cc(C(F)(F)F)ccc1S(=O)O. The van der Waals surface area contributed by atoms with Crippen LogP contribution in [0, 0.1) is 6.92 Å². The highest BCUT2D eigenvalue weighted by atomic mass is 32.2. The van der Waals surface area contributed by atoms with Crippen LogP contribution in [0.15, 0.2) is 23.1 Å². The van der Waals surface area contributed by atoms with E-state index in [0.29, 0.717) is 0 Å². The van der Waals surface area contributed by atoms with E-state index in [0.717, 1.165) is 18.2 Å². The van der Waals surface area contributed by atoms with E-state index in [1.807, 2.05) is 0 Å². The van der Waals surface area contributed by atoms with Crippen molar-refractivity contribution in [1.82, 2.24) is 0 Å². The molecule has 2 nitrogen and oxygen atoms in total. The van der Waals surface area contributed by atoms with Gasteiger partial charge in [0.05, 0.1) is 10.5 Å². The molecule has 0 bridgehead atoms. The van der Waals surface area contributed by atoms with Gasteiger partial charge in [-0.3, -0.25) is 0 Å². The summed E-state index contributed by atoms with van der Waals surface area (Å²) in [5.74, 6) is 0. The summed E-state index contributed by atoms with van der Waals surface area (Å²) >= 11 is -2.24. The number of alkyl halides is 3. The Labute approximate surface area is 81.0 Å². The maximum atomic E-state index is 12.2. The molecule has 0 spiro atoms. The summed E-state index contributed by atoms with van der Waals surface area (Å²) in [7, 11) is 0. The third-order valence-corrected chi connectivity index (χ3v) is 2.52. The molecule has 14 heavy (non-hydrogen) atoms.